The van der Waals surface area contributed by atoms with Gasteiger partial charge < -0.3 is 5.32 Å². The molecule has 110 valence electrons. The number of rotatable bonds is 5. The molecule has 0 amide bonds. The molecule has 3 heterocycles. The summed E-state index contributed by atoms with van der Waals surface area (Å²) < 4.78 is 1.73. The Morgan fingerprint density at radius 1 is 1.14 bits per heavy atom. The van der Waals surface area contributed by atoms with E-state index in [2.05, 4.69) is 30.6 Å². The van der Waals surface area contributed by atoms with Gasteiger partial charge in [0.15, 0.2) is 0 Å². The minimum Gasteiger partial charge on any atom is -0.364 e. The van der Waals surface area contributed by atoms with Gasteiger partial charge in [-0.05, 0) is 31.0 Å². The SMILES string of the molecule is c1cc(-n2cc(CNc3ccnc(C4CC4)n3)nn2)ccn1. The van der Waals surface area contributed by atoms with Crippen molar-refractivity contribution in [3.05, 3.63) is 54.5 Å². The van der Waals surface area contributed by atoms with Gasteiger partial charge in [0, 0.05) is 24.5 Å². The maximum absolute atomic E-state index is 4.53. The number of pyridine rings is 1. The topological polar surface area (TPSA) is 81.4 Å². The first-order valence-electron chi connectivity index (χ1n) is 7.27. The number of aromatic nitrogens is 6. The van der Waals surface area contributed by atoms with Crippen LogP contribution >= 0.6 is 0 Å². The number of hydrogen-bond acceptors (Lipinski definition) is 6. The molecule has 4 rings (SSSR count). The number of hydrogen-bond donors (Lipinski definition) is 1. The molecule has 1 fully saturated rings. The third-order valence-corrected chi connectivity index (χ3v) is 3.54. The molecule has 3 aromatic rings. The highest BCUT2D eigenvalue weighted by molar-refractivity contribution is 5.34. The number of nitrogens with zero attached hydrogens (tertiary/aromatic N) is 6. The van der Waals surface area contributed by atoms with Crippen LogP contribution in [0.1, 0.15) is 30.3 Å². The monoisotopic (exact) mass is 293 g/mol. The van der Waals surface area contributed by atoms with Gasteiger partial charge in [0.2, 0.25) is 0 Å². The van der Waals surface area contributed by atoms with Gasteiger partial charge in [-0.2, -0.15) is 0 Å². The van der Waals surface area contributed by atoms with Crippen LogP contribution in [0.5, 0.6) is 0 Å². The average Bonchev–Trinajstić information content (AvgIpc) is 3.32. The van der Waals surface area contributed by atoms with Crippen LogP contribution in [0.25, 0.3) is 5.69 Å². The average molecular weight is 293 g/mol. The Hall–Kier alpha value is -2.83. The third kappa shape index (κ3) is 2.78. The third-order valence-electron chi connectivity index (χ3n) is 3.54. The van der Waals surface area contributed by atoms with Gasteiger partial charge in [0.1, 0.15) is 17.3 Å². The number of anilines is 1. The molecular formula is C15H15N7. The Bertz CT molecular complexity index is 764. The summed E-state index contributed by atoms with van der Waals surface area (Å²) in [6.07, 6.45) is 9.56. The fourth-order valence-corrected chi connectivity index (χ4v) is 2.19. The van der Waals surface area contributed by atoms with E-state index in [9.17, 15) is 0 Å². The first-order valence-corrected chi connectivity index (χ1v) is 7.27. The molecule has 0 aliphatic heterocycles. The summed E-state index contributed by atoms with van der Waals surface area (Å²) >= 11 is 0. The molecule has 0 unspecified atom stereocenters. The van der Waals surface area contributed by atoms with E-state index in [-0.39, 0.29) is 0 Å². The van der Waals surface area contributed by atoms with E-state index in [4.69, 9.17) is 0 Å². The van der Waals surface area contributed by atoms with Gasteiger partial charge in [0.25, 0.3) is 0 Å². The van der Waals surface area contributed by atoms with Crippen LogP contribution in [-0.4, -0.2) is 29.9 Å². The molecule has 0 radical (unpaired) electrons. The highest BCUT2D eigenvalue weighted by Crippen LogP contribution is 2.38. The molecule has 1 N–H and O–H groups in total. The van der Waals surface area contributed by atoms with Gasteiger partial charge in [-0.3, -0.25) is 4.98 Å². The molecule has 3 aromatic heterocycles. The van der Waals surface area contributed by atoms with Crippen molar-refractivity contribution in [3.8, 4) is 5.69 Å². The standard InChI is InChI=1S/C15H15N7/c1-2-11(1)15-17-8-5-14(19-15)18-9-12-10-22(21-20-12)13-3-6-16-7-4-13/h3-8,10-11H,1-2,9H2,(H,17,18,19). The highest BCUT2D eigenvalue weighted by atomic mass is 15.4. The molecular weight excluding hydrogens is 278 g/mol. The summed E-state index contributed by atoms with van der Waals surface area (Å²) in [7, 11) is 0. The maximum Gasteiger partial charge on any atom is 0.133 e. The van der Waals surface area contributed by atoms with E-state index in [1.165, 1.54) is 12.8 Å². The van der Waals surface area contributed by atoms with Crippen molar-refractivity contribution in [2.24, 2.45) is 0 Å². The Balaban J connectivity index is 1.44. The Kier molecular flexibility index (Phi) is 3.23. The predicted octanol–water partition coefficient (Wildman–Crippen LogP) is 1.94. The number of nitrogens with one attached hydrogen (secondary N) is 1. The summed E-state index contributed by atoms with van der Waals surface area (Å²) in [5.74, 6) is 2.31. The summed E-state index contributed by atoms with van der Waals surface area (Å²) in [6.45, 7) is 0.576. The van der Waals surface area contributed by atoms with Crippen LogP contribution in [0.3, 0.4) is 0 Å². The zero-order valence-electron chi connectivity index (χ0n) is 11.9. The summed E-state index contributed by atoms with van der Waals surface area (Å²) in [5.41, 5.74) is 1.79. The predicted molar refractivity (Wildman–Crippen MR) is 80.5 cm³/mol. The molecule has 7 nitrogen and oxygen atoms in total. The first kappa shape index (κ1) is 12.9. The van der Waals surface area contributed by atoms with Crippen molar-refractivity contribution in [2.45, 2.75) is 25.3 Å². The first-order chi connectivity index (χ1) is 10.9. The van der Waals surface area contributed by atoms with Crippen LogP contribution in [0.2, 0.25) is 0 Å². The van der Waals surface area contributed by atoms with E-state index in [0.29, 0.717) is 12.5 Å². The zero-order chi connectivity index (χ0) is 14.8. The largest absolute Gasteiger partial charge is 0.364 e. The molecule has 0 aromatic carbocycles. The smallest absolute Gasteiger partial charge is 0.133 e. The van der Waals surface area contributed by atoms with Crippen LogP contribution in [0.15, 0.2) is 43.0 Å². The highest BCUT2D eigenvalue weighted by Gasteiger charge is 2.26. The second-order valence-corrected chi connectivity index (χ2v) is 5.29. The lowest BCUT2D eigenvalue weighted by Gasteiger charge is -2.04. The van der Waals surface area contributed by atoms with Crippen LogP contribution in [-0.2, 0) is 6.54 Å². The summed E-state index contributed by atoms with van der Waals surface area (Å²) in [6, 6.07) is 5.65. The van der Waals surface area contributed by atoms with Crippen LogP contribution in [0, 0.1) is 0 Å². The minimum atomic E-state index is 0.550. The van der Waals surface area contributed by atoms with Crippen molar-refractivity contribution >= 4 is 5.82 Å². The van der Waals surface area contributed by atoms with E-state index in [1.807, 2.05) is 24.4 Å². The van der Waals surface area contributed by atoms with E-state index in [0.717, 1.165) is 23.0 Å². The summed E-state index contributed by atoms with van der Waals surface area (Å²) in [5, 5.41) is 11.6. The normalized spacial score (nSPS) is 14.0. The lowest BCUT2D eigenvalue weighted by Crippen LogP contribution is -2.04. The van der Waals surface area contributed by atoms with Gasteiger partial charge in [0.05, 0.1) is 18.4 Å². The van der Waals surface area contributed by atoms with Crippen molar-refractivity contribution in [1.29, 1.82) is 0 Å². The second kappa shape index (κ2) is 5.51. The van der Waals surface area contributed by atoms with E-state index in [1.54, 1.807) is 23.3 Å². The van der Waals surface area contributed by atoms with Gasteiger partial charge >= 0.3 is 0 Å². The van der Waals surface area contributed by atoms with Crippen LogP contribution in [0.4, 0.5) is 5.82 Å². The van der Waals surface area contributed by atoms with Crippen molar-refractivity contribution in [3.63, 3.8) is 0 Å². The Labute approximate surface area is 127 Å². The van der Waals surface area contributed by atoms with E-state index >= 15 is 0 Å². The molecule has 0 bridgehead atoms. The van der Waals surface area contributed by atoms with Gasteiger partial charge in [-0.1, -0.05) is 5.21 Å². The molecule has 0 atom stereocenters. The van der Waals surface area contributed by atoms with Crippen molar-refractivity contribution in [1.82, 2.24) is 29.9 Å². The minimum absolute atomic E-state index is 0.550. The second-order valence-electron chi connectivity index (χ2n) is 5.29. The zero-order valence-corrected chi connectivity index (χ0v) is 11.9. The maximum atomic E-state index is 4.53. The van der Waals surface area contributed by atoms with Crippen LogP contribution < -0.4 is 5.32 Å². The Morgan fingerprint density at radius 3 is 2.82 bits per heavy atom. The van der Waals surface area contributed by atoms with Crippen molar-refractivity contribution in [2.75, 3.05) is 5.32 Å². The molecule has 1 saturated carbocycles. The lowest BCUT2D eigenvalue weighted by molar-refractivity contribution is 0.796. The fraction of sp³-hybridized carbons (Fsp3) is 0.267. The quantitative estimate of drug-likeness (QED) is 0.774. The molecule has 1 aliphatic rings. The molecule has 0 spiro atoms. The molecule has 0 saturated heterocycles. The summed E-state index contributed by atoms with van der Waals surface area (Å²) in [4.78, 5) is 12.8. The van der Waals surface area contributed by atoms with Gasteiger partial charge in [-0.25, -0.2) is 14.6 Å². The van der Waals surface area contributed by atoms with Gasteiger partial charge in [-0.15, -0.1) is 5.10 Å². The van der Waals surface area contributed by atoms with Crippen molar-refractivity contribution < 1.29 is 0 Å². The lowest BCUT2D eigenvalue weighted by atomic mass is 10.4. The Morgan fingerprint density at radius 2 is 2.00 bits per heavy atom. The molecule has 7 heteroatoms. The molecule has 1 aliphatic carbocycles. The fourth-order valence-electron chi connectivity index (χ4n) is 2.19. The van der Waals surface area contributed by atoms with E-state index < -0.39 is 0 Å². The molecule has 22 heavy (non-hydrogen) atoms.